The molecule has 102 valence electrons. The molecule has 1 aliphatic rings. The lowest BCUT2D eigenvalue weighted by molar-refractivity contribution is -0.150. The zero-order valence-electron chi connectivity index (χ0n) is 10.9. The SMILES string of the molecule is O=C(O)C1(CN=Cc2ccccc2O)CCCCC1. The number of hydrogen-bond donors (Lipinski definition) is 2. The van der Waals surface area contributed by atoms with Crippen molar-refractivity contribution in [2.45, 2.75) is 32.1 Å². The summed E-state index contributed by atoms with van der Waals surface area (Å²) < 4.78 is 0. The van der Waals surface area contributed by atoms with Gasteiger partial charge in [-0.2, -0.15) is 0 Å². The molecule has 1 aliphatic carbocycles. The number of aliphatic carboxylic acids is 1. The standard InChI is InChI=1S/C15H19NO3/c17-13-7-3-2-6-12(13)10-16-11-15(14(18)19)8-4-1-5-9-15/h2-3,6-7,10,17H,1,4-5,8-9,11H2,(H,18,19). The molecular formula is C15H19NO3. The molecule has 1 aromatic rings. The lowest BCUT2D eigenvalue weighted by Crippen LogP contribution is -2.36. The maximum Gasteiger partial charge on any atom is 0.311 e. The van der Waals surface area contributed by atoms with E-state index >= 15 is 0 Å². The monoisotopic (exact) mass is 261 g/mol. The van der Waals surface area contributed by atoms with Crippen LogP contribution in [0.2, 0.25) is 0 Å². The number of para-hydroxylation sites is 1. The van der Waals surface area contributed by atoms with Gasteiger partial charge in [0.1, 0.15) is 5.75 Å². The Morgan fingerprint density at radius 1 is 1.26 bits per heavy atom. The maximum atomic E-state index is 11.5. The largest absolute Gasteiger partial charge is 0.507 e. The summed E-state index contributed by atoms with van der Waals surface area (Å²) in [5, 5.41) is 19.0. The van der Waals surface area contributed by atoms with Gasteiger partial charge in [0.15, 0.2) is 0 Å². The van der Waals surface area contributed by atoms with Crippen LogP contribution >= 0.6 is 0 Å². The van der Waals surface area contributed by atoms with Gasteiger partial charge < -0.3 is 10.2 Å². The van der Waals surface area contributed by atoms with E-state index in [0.29, 0.717) is 18.4 Å². The van der Waals surface area contributed by atoms with Crippen molar-refractivity contribution in [1.29, 1.82) is 0 Å². The summed E-state index contributed by atoms with van der Waals surface area (Å²) in [4.78, 5) is 15.7. The molecule has 0 amide bonds. The van der Waals surface area contributed by atoms with E-state index < -0.39 is 11.4 Å². The predicted molar refractivity (Wildman–Crippen MR) is 73.7 cm³/mol. The smallest absolute Gasteiger partial charge is 0.311 e. The van der Waals surface area contributed by atoms with Crippen molar-refractivity contribution in [2.24, 2.45) is 10.4 Å². The van der Waals surface area contributed by atoms with Gasteiger partial charge in [0.05, 0.1) is 12.0 Å². The minimum atomic E-state index is -0.748. The van der Waals surface area contributed by atoms with Crippen LogP contribution in [0.25, 0.3) is 0 Å². The highest BCUT2D eigenvalue weighted by molar-refractivity contribution is 5.83. The van der Waals surface area contributed by atoms with E-state index in [-0.39, 0.29) is 12.3 Å². The van der Waals surface area contributed by atoms with E-state index in [1.807, 2.05) is 6.07 Å². The van der Waals surface area contributed by atoms with Crippen LogP contribution in [-0.2, 0) is 4.79 Å². The molecule has 0 radical (unpaired) electrons. The molecule has 1 fully saturated rings. The number of aromatic hydroxyl groups is 1. The number of nitrogens with zero attached hydrogens (tertiary/aromatic N) is 1. The molecule has 2 rings (SSSR count). The third-order valence-electron chi connectivity index (χ3n) is 3.83. The van der Waals surface area contributed by atoms with Crippen molar-refractivity contribution >= 4 is 12.2 Å². The molecule has 2 N–H and O–H groups in total. The fourth-order valence-corrected chi connectivity index (χ4v) is 2.58. The fraction of sp³-hybridized carbons (Fsp3) is 0.467. The molecule has 19 heavy (non-hydrogen) atoms. The highest BCUT2D eigenvalue weighted by atomic mass is 16.4. The normalized spacial score (nSPS) is 18.5. The van der Waals surface area contributed by atoms with Crippen LogP contribution in [0.15, 0.2) is 29.3 Å². The summed E-state index contributed by atoms with van der Waals surface area (Å²) in [6.07, 6.45) is 5.98. The van der Waals surface area contributed by atoms with Gasteiger partial charge in [-0.1, -0.05) is 31.4 Å². The number of carboxylic acids is 1. The van der Waals surface area contributed by atoms with Gasteiger partial charge in [-0.25, -0.2) is 0 Å². The predicted octanol–water partition coefficient (Wildman–Crippen LogP) is 2.85. The molecule has 1 aromatic carbocycles. The first kappa shape index (κ1) is 13.6. The van der Waals surface area contributed by atoms with Crippen molar-refractivity contribution in [3.8, 4) is 5.75 Å². The van der Waals surface area contributed by atoms with E-state index in [1.165, 1.54) is 0 Å². The van der Waals surface area contributed by atoms with E-state index in [9.17, 15) is 15.0 Å². The molecule has 4 heteroatoms. The number of hydrogen-bond acceptors (Lipinski definition) is 3. The summed E-state index contributed by atoms with van der Waals surface area (Å²) in [5.41, 5.74) is -0.0852. The molecule has 4 nitrogen and oxygen atoms in total. The Hall–Kier alpha value is -1.84. The molecule has 0 aliphatic heterocycles. The van der Waals surface area contributed by atoms with Crippen molar-refractivity contribution in [3.05, 3.63) is 29.8 Å². The average molecular weight is 261 g/mol. The number of rotatable bonds is 4. The average Bonchev–Trinajstić information content (AvgIpc) is 2.42. The summed E-state index contributed by atoms with van der Waals surface area (Å²) in [5.74, 6) is -0.582. The highest BCUT2D eigenvalue weighted by Gasteiger charge is 2.39. The van der Waals surface area contributed by atoms with Gasteiger partial charge >= 0.3 is 5.97 Å². The maximum absolute atomic E-state index is 11.5. The van der Waals surface area contributed by atoms with Gasteiger partial charge in [-0.3, -0.25) is 9.79 Å². The Balaban J connectivity index is 2.07. The van der Waals surface area contributed by atoms with Crippen LogP contribution < -0.4 is 0 Å². The van der Waals surface area contributed by atoms with E-state index in [0.717, 1.165) is 19.3 Å². The Labute approximate surface area is 112 Å². The van der Waals surface area contributed by atoms with Gasteiger partial charge in [0.2, 0.25) is 0 Å². The van der Waals surface area contributed by atoms with Crippen molar-refractivity contribution in [3.63, 3.8) is 0 Å². The molecule has 0 unspecified atom stereocenters. The van der Waals surface area contributed by atoms with Crippen LogP contribution in [0, 0.1) is 5.41 Å². The summed E-state index contributed by atoms with van der Waals surface area (Å²) in [7, 11) is 0. The topological polar surface area (TPSA) is 69.9 Å². The molecule has 0 saturated heterocycles. The zero-order chi connectivity index (χ0) is 13.7. The number of aliphatic imine (C=N–C) groups is 1. The lowest BCUT2D eigenvalue weighted by Gasteiger charge is -2.31. The zero-order valence-corrected chi connectivity index (χ0v) is 10.9. The van der Waals surface area contributed by atoms with Gasteiger partial charge in [-0.05, 0) is 25.0 Å². The van der Waals surface area contributed by atoms with E-state index in [1.54, 1.807) is 24.4 Å². The Morgan fingerprint density at radius 3 is 2.58 bits per heavy atom. The number of carboxylic acid groups (broad SMARTS) is 1. The quantitative estimate of drug-likeness (QED) is 0.819. The van der Waals surface area contributed by atoms with Gasteiger partial charge in [0, 0.05) is 11.8 Å². The molecule has 0 aromatic heterocycles. The number of benzene rings is 1. The first-order valence-corrected chi connectivity index (χ1v) is 6.65. The fourth-order valence-electron chi connectivity index (χ4n) is 2.58. The Kier molecular flexibility index (Phi) is 4.20. The minimum absolute atomic E-state index is 0.166. The second kappa shape index (κ2) is 5.87. The van der Waals surface area contributed by atoms with Crippen molar-refractivity contribution < 1.29 is 15.0 Å². The molecule has 0 atom stereocenters. The third kappa shape index (κ3) is 3.13. The molecule has 0 heterocycles. The van der Waals surface area contributed by atoms with Crippen LogP contribution in [0.5, 0.6) is 5.75 Å². The minimum Gasteiger partial charge on any atom is -0.507 e. The molecular weight excluding hydrogens is 242 g/mol. The highest BCUT2D eigenvalue weighted by Crippen LogP contribution is 2.36. The Morgan fingerprint density at radius 2 is 1.95 bits per heavy atom. The number of phenolic OH excluding ortho intramolecular Hbond substituents is 1. The van der Waals surface area contributed by atoms with Crippen LogP contribution in [0.1, 0.15) is 37.7 Å². The molecule has 0 spiro atoms. The number of phenols is 1. The van der Waals surface area contributed by atoms with E-state index in [4.69, 9.17) is 0 Å². The summed E-state index contributed by atoms with van der Waals surface area (Å²) in [6, 6.07) is 6.91. The lowest BCUT2D eigenvalue weighted by atomic mass is 9.74. The molecule has 0 bridgehead atoms. The summed E-state index contributed by atoms with van der Waals surface area (Å²) >= 11 is 0. The first-order chi connectivity index (χ1) is 9.14. The third-order valence-corrected chi connectivity index (χ3v) is 3.83. The van der Waals surface area contributed by atoms with Crippen molar-refractivity contribution in [2.75, 3.05) is 6.54 Å². The van der Waals surface area contributed by atoms with E-state index in [2.05, 4.69) is 4.99 Å². The first-order valence-electron chi connectivity index (χ1n) is 6.65. The van der Waals surface area contributed by atoms with Gasteiger partial charge in [-0.15, -0.1) is 0 Å². The van der Waals surface area contributed by atoms with Gasteiger partial charge in [0.25, 0.3) is 0 Å². The van der Waals surface area contributed by atoms with Crippen LogP contribution in [0.3, 0.4) is 0 Å². The second-order valence-electron chi connectivity index (χ2n) is 5.17. The number of carbonyl (C=O) groups is 1. The molecule has 1 saturated carbocycles. The van der Waals surface area contributed by atoms with Crippen LogP contribution in [0.4, 0.5) is 0 Å². The van der Waals surface area contributed by atoms with Crippen LogP contribution in [-0.4, -0.2) is 28.9 Å². The second-order valence-corrected chi connectivity index (χ2v) is 5.17. The van der Waals surface area contributed by atoms with Crippen molar-refractivity contribution in [1.82, 2.24) is 0 Å². The summed E-state index contributed by atoms with van der Waals surface area (Å²) in [6.45, 7) is 0.288. The Bertz CT molecular complexity index is 476.